The maximum atomic E-state index is 5.89. The molecule has 0 atom stereocenters. The molecule has 110 valence electrons. The van der Waals surface area contributed by atoms with Crippen molar-refractivity contribution in [3.05, 3.63) is 44.8 Å². The number of nitrogens with zero attached hydrogens (tertiary/aromatic N) is 2. The third-order valence-corrected chi connectivity index (χ3v) is 4.99. The van der Waals surface area contributed by atoms with E-state index in [0.29, 0.717) is 0 Å². The van der Waals surface area contributed by atoms with Crippen LogP contribution in [0.3, 0.4) is 0 Å². The molecule has 0 bridgehead atoms. The molecule has 0 aliphatic carbocycles. The van der Waals surface area contributed by atoms with Crippen molar-refractivity contribution >= 4 is 44.0 Å². The monoisotopic (exact) mass is 363 g/mol. The van der Waals surface area contributed by atoms with Crippen LogP contribution < -0.4 is 5.73 Å². The lowest BCUT2D eigenvalue weighted by atomic mass is 9.95. The first kappa shape index (κ1) is 14.6. The minimum atomic E-state index is -0.0116. The third-order valence-electron chi connectivity index (χ3n) is 3.39. The summed E-state index contributed by atoms with van der Waals surface area (Å²) in [6, 6.07) is 10.2. The van der Waals surface area contributed by atoms with Crippen molar-refractivity contribution in [1.29, 1.82) is 0 Å². The number of nitrogen functional groups attached to an aromatic ring is 1. The highest BCUT2D eigenvalue weighted by molar-refractivity contribution is 9.11. The van der Waals surface area contributed by atoms with Gasteiger partial charge in [-0.1, -0.05) is 20.8 Å². The fraction of sp³-hybridized carbons (Fsp3) is 0.312. The zero-order valence-electron chi connectivity index (χ0n) is 12.4. The van der Waals surface area contributed by atoms with Gasteiger partial charge in [-0.15, -0.1) is 11.3 Å². The summed E-state index contributed by atoms with van der Waals surface area (Å²) in [7, 11) is 0. The molecule has 3 rings (SSSR count). The maximum absolute atomic E-state index is 5.89. The van der Waals surface area contributed by atoms with Crippen molar-refractivity contribution < 1.29 is 0 Å². The number of imidazole rings is 1. The zero-order valence-corrected chi connectivity index (χ0v) is 14.8. The van der Waals surface area contributed by atoms with E-state index in [1.54, 1.807) is 11.3 Å². The molecule has 5 heteroatoms. The van der Waals surface area contributed by atoms with Gasteiger partial charge in [-0.3, -0.25) is 0 Å². The van der Waals surface area contributed by atoms with E-state index < -0.39 is 0 Å². The molecular formula is C16H18BrN3S. The lowest BCUT2D eigenvalue weighted by Crippen LogP contribution is -2.19. The number of anilines is 1. The van der Waals surface area contributed by atoms with Crippen LogP contribution in [0.2, 0.25) is 0 Å². The molecule has 1 aromatic carbocycles. The number of aromatic nitrogens is 2. The van der Waals surface area contributed by atoms with Gasteiger partial charge < -0.3 is 10.3 Å². The van der Waals surface area contributed by atoms with Gasteiger partial charge >= 0.3 is 0 Å². The van der Waals surface area contributed by atoms with Crippen LogP contribution in [-0.4, -0.2) is 9.55 Å². The van der Waals surface area contributed by atoms with E-state index in [1.807, 2.05) is 12.1 Å². The molecule has 0 saturated heterocycles. The SMILES string of the molecule is CC(C)(C)c1nc2cc(N)ccc2n1Cc1ccc(Br)s1. The standard InChI is InChI=1S/C16H18BrN3S/c1-16(2,3)15-19-12-8-10(18)4-6-13(12)20(15)9-11-5-7-14(17)21-11/h4-8H,9,18H2,1-3H3. The van der Waals surface area contributed by atoms with E-state index in [9.17, 15) is 0 Å². The highest BCUT2D eigenvalue weighted by Crippen LogP contribution is 2.30. The highest BCUT2D eigenvalue weighted by atomic mass is 79.9. The van der Waals surface area contributed by atoms with Crippen LogP contribution in [-0.2, 0) is 12.0 Å². The predicted molar refractivity (Wildman–Crippen MR) is 94.0 cm³/mol. The number of rotatable bonds is 2. The van der Waals surface area contributed by atoms with Crippen LogP contribution >= 0.6 is 27.3 Å². The number of halogens is 1. The maximum Gasteiger partial charge on any atom is 0.115 e. The van der Waals surface area contributed by atoms with Gasteiger partial charge in [0.2, 0.25) is 0 Å². The average Bonchev–Trinajstić information content (AvgIpc) is 2.93. The number of nitrogens with two attached hydrogens (primary N) is 1. The normalized spacial score (nSPS) is 12.2. The molecule has 0 amide bonds. The molecule has 0 spiro atoms. The van der Waals surface area contributed by atoms with E-state index in [4.69, 9.17) is 10.7 Å². The summed E-state index contributed by atoms with van der Waals surface area (Å²) in [6.45, 7) is 7.42. The molecule has 0 aliphatic rings. The fourth-order valence-electron chi connectivity index (χ4n) is 2.47. The van der Waals surface area contributed by atoms with Gasteiger partial charge in [0.1, 0.15) is 5.82 Å². The fourth-order valence-corrected chi connectivity index (χ4v) is 3.94. The van der Waals surface area contributed by atoms with Crippen LogP contribution in [0, 0.1) is 0 Å². The van der Waals surface area contributed by atoms with Gasteiger partial charge in [0.15, 0.2) is 0 Å². The van der Waals surface area contributed by atoms with Gasteiger partial charge in [0.25, 0.3) is 0 Å². The van der Waals surface area contributed by atoms with Crippen LogP contribution in [0.1, 0.15) is 31.5 Å². The van der Waals surface area contributed by atoms with Gasteiger partial charge in [-0.25, -0.2) is 4.98 Å². The summed E-state index contributed by atoms with van der Waals surface area (Å²) in [6.07, 6.45) is 0. The Morgan fingerprint density at radius 2 is 2.00 bits per heavy atom. The minimum Gasteiger partial charge on any atom is -0.399 e. The second-order valence-corrected chi connectivity index (χ2v) is 8.77. The Labute approximate surface area is 136 Å². The molecule has 0 saturated carbocycles. The second kappa shape index (κ2) is 5.14. The Morgan fingerprint density at radius 3 is 2.62 bits per heavy atom. The molecule has 3 nitrogen and oxygen atoms in total. The van der Waals surface area contributed by atoms with Gasteiger partial charge in [0.05, 0.1) is 21.4 Å². The molecule has 0 aliphatic heterocycles. The second-order valence-electron chi connectivity index (χ2n) is 6.23. The van der Waals surface area contributed by atoms with E-state index in [0.717, 1.165) is 32.9 Å². The predicted octanol–water partition coefficient (Wildman–Crippen LogP) is 4.79. The molecule has 2 aromatic heterocycles. The summed E-state index contributed by atoms with van der Waals surface area (Å²) in [5.74, 6) is 1.09. The molecule has 2 heterocycles. The minimum absolute atomic E-state index is 0.0116. The first-order chi connectivity index (χ1) is 9.84. The topological polar surface area (TPSA) is 43.8 Å². The third kappa shape index (κ3) is 2.85. The smallest absolute Gasteiger partial charge is 0.115 e. The lowest BCUT2D eigenvalue weighted by molar-refractivity contribution is 0.517. The van der Waals surface area contributed by atoms with E-state index in [1.165, 1.54) is 4.88 Å². The molecule has 0 radical (unpaired) electrons. The van der Waals surface area contributed by atoms with Gasteiger partial charge in [-0.2, -0.15) is 0 Å². The van der Waals surface area contributed by atoms with Crippen molar-refractivity contribution in [3.63, 3.8) is 0 Å². The average molecular weight is 364 g/mol. The Kier molecular flexibility index (Phi) is 3.58. The Balaban J connectivity index is 2.17. The quantitative estimate of drug-likeness (QED) is 0.665. The van der Waals surface area contributed by atoms with Crippen molar-refractivity contribution in [1.82, 2.24) is 9.55 Å². The zero-order chi connectivity index (χ0) is 15.2. The molecule has 21 heavy (non-hydrogen) atoms. The number of hydrogen-bond acceptors (Lipinski definition) is 3. The Bertz CT molecular complexity index is 796. The lowest BCUT2D eigenvalue weighted by Gasteiger charge is -2.19. The summed E-state index contributed by atoms with van der Waals surface area (Å²) in [5, 5.41) is 0. The summed E-state index contributed by atoms with van der Waals surface area (Å²) >= 11 is 5.29. The molecular weight excluding hydrogens is 346 g/mol. The molecule has 0 fully saturated rings. The summed E-state index contributed by atoms with van der Waals surface area (Å²) in [4.78, 5) is 6.13. The molecule has 3 aromatic rings. The highest BCUT2D eigenvalue weighted by Gasteiger charge is 2.23. The van der Waals surface area contributed by atoms with E-state index in [2.05, 4.69) is 59.5 Å². The van der Waals surface area contributed by atoms with Crippen molar-refractivity contribution in [3.8, 4) is 0 Å². The van der Waals surface area contributed by atoms with Gasteiger partial charge in [-0.05, 0) is 46.3 Å². The molecule has 0 unspecified atom stereocenters. The van der Waals surface area contributed by atoms with Crippen molar-refractivity contribution in [2.75, 3.05) is 5.73 Å². The number of benzene rings is 1. The first-order valence-electron chi connectivity index (χ1n) is 6.85. The van der Waals surface area contributed by atoms with Crippen LogP contribution in [0.5, 0.6) is 0 Å². The number of fused-ring (bicyclic) bond motifs is 1. The Hall–Kier alpha value is -1.33. The van der Waals surface area contributed by atoms with Crippen molar-refractivity contribution in [2.24, 2.45) is 0 Å². The Morgan fingerprint density at radius 1 is 1.24 bits per heavy atom. The van der Waals surface area contributed by atoms with Crippen molar-refractivity contribution in [2.45, 2.75) is 32.7 Å². The van der Waals surface area contributed by atoms with E-state index in [-0.39, 0.29) is 5.41 Å². The number of thiophene rings is 1. The van der Waals surface area contributed by atoms with Crippen LogP contribution in [0.15, 0.2) is 34.1 Å². The van der Waals surface area contributed by atoms with Crippen LogP contribution in [0.25, 0.3) is 11.0 Å². The van der Waals surface area contributed by atoms with E-state index >= 15 is 0 Å². The molecule has 2 N–H and O–H groups in total. The van der Waals surface area contributed by atoms with Crippen LogP contribution in [0.4, 0.5) is 5.69 Å². The van der Waals surface area contributed by atoms with Gasteiger partial charge in [0, 0.05) is 16.0 Å². The number of hydrogen-bond donors (Lipinski definition) is 1. The first-order valence-corrected chi connectivity index (χ1v) is 8.46. The summed E-state index contributed by atoms with van der Waals surface area (Å²) in [5.41, 5.74) is 8.74. The largest absolute Gasteiger partial charge is 0.399 e. The summed E-state index contributed by atoms with van der Waals surface area (Å²) < 4.78 is 3.45.